The Labute approximate surface area is 219 Å². The Kier molecular flexibility index (Phi) is 8.17. The second kappa shape index (κ2) is 12.1. The Morgan fingerprint density at radius 2 is 1.70 bits per heavy atom. The highest BCUT2D eigenvalue weighted by atomic mass is 32.2. The van der Waals surface area contributed by atoms with E-state index in [1.54, 1.807) is 48.6 Å². The molecule has 1 aliphatic heterocycles. The summed E-state index contributed by atoms with van der Waals surface area (Å²) in [7, 11) is 0. The highest BCUT2D eigenvalue weighted by Crippen LogP contribution is 2.39. The Balaban J connectivity index is 1.31. The lowest BCUT2D eigenvalue weighted by Crippen LogP contribution is -2.31. The molecule has 0 bridgehead atoms. The van der Waals surface area contributed by atoms with Crippen molar-refractivity contribution in [3.63, 3.8) is 0 Å². The zero-order valence-electron chi connectivity index (χ0n) is 19.9. The Morgan fingerprint density at radius 1 is 0.946 bits per heavy atom. The lowest BCUT2D eigenvalue weighted by molar-refractivity contribution is -0.245. The van der Waals surface area contributed by atoms with Gasteiger partial charge in [-0.3, -0.25) is 9.78 Å². The quantitative estimate of drug-likeness (QED) is 0.251. The summed E-state index contributed by atoms with van der Waals surface area (Å²) >= 11 is 1.55. The summed E-state index contributed by atoms with van der Waals surface area (Å²) in [5, 5.41) is 13.0. The summed E-state index contributed by atoms with van der Waals surface area (Å²) in [6, 6.07) is 20.5. The Bertz CT molecular complexity index is 1290. The Morgan fingerprint density at radius 3 is 2.41 bits per heavy atom. The first-order valence-electron chi connectivity index (χ1n) is 11.9. The number of nitrogens with one attached hydrogen (secondary N) is 1. The summed E-state index contributed by atoms with van der Waals surface area (Å²) in [6.07, 6.45) is 6.42. The van der Waals surface area contributed by atoms with Crippen LogP contribution in [0, 0.1) is 0 Å². The number of rotatable bonds is 8. The van der Waals surface area contributed by atoms with E-state index in [4.69, 9.17) is 9.47 Å². The van der Waals surface area contributed by atoms with E-state index < -0.39 is 6.29 Å². The molecule has 1 fully saturated rings. The van der Waals surface area contributed by atoms with E-state index in [9.17, 15) is 9.90 Å². The standard InChI is InChI=1S/C28H26N4O4S/c33-17-19-4-6-20(7-5-19)25-15-24(18-37-28-30-13-2-14-31-28)35-27(36-25)21-8-10-23(11-9-21)32-26(34)22-3-1-12-29-16-22/h1-14,16,24-25,27,33H,15,17-18H2,(H,32,34)/t24-,25+,27+/m0/s1. The third-order valence-electron chi connectivity index (χ3n) is 5.92. The van der Waals surface area contributed by atoms with Crippen molar-refractivity contribution >= 4 is 23.4 Å². The molecule has 0 spiro atoms. The van der Waals surface area contributed by atoms with E-state index in [1.807, 2.05) is 48.5 Å². The minimum absolute atomic E-state index is 0.00243. The van der Waals surface area contributed by atoms with Crippen molar-refractivity contribution in [3.8, 4) is 0 Å². The first-order valence-corrected chi connectivity index (χ1v) is 12.9. The second-order valence-corrected chi connectivity index (χ2v) is 9.50. The molecule has 8 nitrogen and oxygen atoms in total. The van der Waals surface area contributed by atoms with Gasteiger partial charge in [0.2, 0.25) is 0 Å². The first kappa shape index (κ1) is 25.0. The molecule has 0 saturated carbocycles. The number of carbonyl (C=O) groups is 1. The van der Waals surface area contributed by atoms with Crippen LogP contribution in [0.3, 0.4) is 0 Å². The smallest absolute Gasteiger partial charge is 0.257 e. The number of thioether (sulfide) groups is 1. The molecule has 0 radical (unpaired) electrons. The molecule has 2 aromatic carbocycles. The average Bonchev–Trinajstić information content (AvgIpc) is 2.97. The van der Waals surface area contributed by atoms with Crippen LogP contribution in [0.5, 0.6) is 0 Å². The van der Waals surface area contributed by atoms with Gasteiger partial charge in [-0.1, -0.05) is 48.2 Å². The van der Waals surface area contributed by atoms with Crippen molar-refractivity contribution in [2.24, 2.45) is 0 Å². The van der Waals surface area contributed by atoms with E-state index in [-0.39, 0.29) is 24.7 Å². The van der Waals surface area contributed by atoms with Crippen LogP contribution in [0.25, 0.3) is 0 Å². The summed E-state index contributed by atoms with van der Waals surface area (Å²) in [4.78, 5) is 25.0. The van der Waals surface area contributed by atoms with Gasteiger partial charge >= 0.3 is 0 Å². The van der Waals surface area contributed by atoms with Crippen LogP contribution in [-0.2, 0) is 16.1 Å². The zero-order valence-corrected chi connectivity index (χ0v) is 20.8. The normalized spacial score (nSPS) is 19.3. The number of amides is 1. The van der Waals surface area contributed by atoms with E-state index in [1.165, 1.54) is 6.20 Å². The SMILES string of the molecule is O=C(Nc1ccc([C@@H]2O[C@H](CSc3ncccn3)C[C@H](c3ccc(CO)cc3)O2)cc1)c1cccnc1. The molecular weight excluding hydrogens is 488 g/mol. The number of ether oxygens (including phenoxy) is 2. The van der Waals surface area contributed by atoms with E-state index in [0.29, 0.717) is 28.6 Å². The van der Waals surface area contributed by atoms with Gasteiger partial charge < -0.3 is 19.9 Å². The van der Waals surface area contributed by atoms with Gasteiger partial charge in [-0.2, -0.15) is 0 Å². The van der Waals surface area contributed by atoms with Gasteiger partial charge in [-0.25, -0.2) is 9.97 Å². The predicted molar refractivity (Wildman–Crippen MR) is 140 cm³/mol. The van der Waals surface area contributed by atoms with Crippen molar-refractivity contribution in [2.75, 3.05) is 11.1 Å². The lowest BCUT2D eigenvalue weighted by atomic mass is 10.0. The summed E-state index contributed by atoms with van der Waals surface area (Å²) in [5.74, 6) is 0.451. The van der Waals surface area contributed by atoms with Crippen molar-refractivity contribution in [3.05, 3.63) is 114 Å². The van der Waals surface area contributed by atoms with Crippen LogP contribution >= 0.6 is 11.8 Å². The minimum Gasteiger partial charge on any atom is -0.392 e. The molecule has 3 atom stereocenters. The molecule has 1 amide bonds. The fraction of sp³-hybridized carbons (Fsp3) is 0.214. The van der Waals surface area contributed by atoms with Crippen LogP contribution in [0.2, 0.25) is 0 Å². The molecule has 4 aromatic rings. The molecule has 9 heteroatoms. The maximum Gasteiger partial charge on any atom is 0.257 e. The van der Waals surface area contributed by atoms with Gasteiger partial charge in [-0.05, 0) is 41.5 Å². The Hall–Kier alpha value is -3.63. The predicted octanol–water partition coefficient (Wildman–Crippen LogP) is 4.95. The van der Waals surface area contributed by atoms with Crippen LogP contribution in [-0.4, -0.2) is 37.8 Å². The molecule has 2 N–H and O–H groups in total. The number of carbonyl (C=O) groups excluding carboxylic acids is 1. The van der Waals surface area contributed by atoms with Gasteiger partial charge in [-0.15, -0.1) is 0 Å². The summed E-state index contributed by atoms with van der Waals surface area (Å²) in [5.41, 5.74) is 3.88. The number of aromatic nitrogens is 3. The molecule has 37 heavy (non-hydrogen) atoms. The summed E-state index contributed by atoms with van der Waals surface area (Å²) in [6.45, 7) is -0.00243. The van der Waals surface area contributed by atoms with E-state index >= 15 is 0 Å². The number of pyridine rings is 1. The molecule has 3 heterocycles. The maximum atomic E-state index is 12.4. The first-order chi connectivity index (χ1) is 18.2. The molecule has 1 aliphatic rings. The molecular formula is C28H26N4O4S. The molecule has 0 unspecified atom stereocenters. The molecule has 1 saturated heterocycles. The number of hydrogen-bond acceptors (Lipinski definition) is 8. The number of anilines is 1. The molecule has 2 aromatic heterocycles. The van der Waals surface area contributed by atoms with E-state index in [0.717, 1.165) is 16.7 Å². The van der Waals surface area contributed by atoms with Crippen molar-refractivity contribution < 1.29 is 19.4 Å². The topological polar surface area (TPSA) is 106 Å². The fourth-order valence-corrected chi connectivity index (χ4v) is 4.79. The van der Waals surface area contributed by atoms with Crippen LogP contribution in [0.1, 0.15) is 45.9 Å². The highest BCUT2D eigenvalue weighted by molar-refractivity contribution is 7.99. The number of benzene rings is 2. The van der Waals surface area contributed by atoms with Crippen LogP contribution < -0.4 is 5.32 Å². The minimum atomic E-state index is -0.582. The van der Waals surface area contributed by atoms with E-state index in [2.05, 4.69) is 20.3 Å². The maximum absolute atomic E-state index is 12.4. The van der Waals surface area contributed by atoms with Crippen molar-refractivity contribution in [1.82, 2.24) is 15.0 Å². The fourth-order valence-electron chi connectivity index (χ4n) is 3.97. The van der Waals surface area contributed by atoms with Gasteiger partial charge in [0.15, 0.2) is 11.4 Å². The van der Waals surface area contributed by atoms with Gasteiger partial charge in [0, 0.05) is 48.2 Å². The van der Waals surface area contributed by atoms with Gasteiger partial charge in [0.25, 0.3) is 5.91 Å². The van der Waals surface area contributed by atoms with Crippen LogP contribution in [0.15, 0.2) is 96.7 Å². The highest BCUT2D eigenvalue weighted by Gasteiger charge is 2.32. The monoisotopic (exact) mass is 514 g/mol. The van der Waals surface area contributed by atoms with Crippen molar-refractivity contribution in [2.45, 2.75) is 36.7 Å². The number of aliphatic hydroxyl groups excluding tert-OH is 1. The average molecular weight is 515 g/mol. The van der Waals surface area contributed by atoms with Crippen LogP contribution in [0.4, 0.5) is 5.69 Å². The van der Waals surface area contributed by atoms with Gasteiger partial charge in [0.1, 0.15) is 0 Å². The lowest BCUT2D eigenvalue weighted by Gasteiger charge is -2.36. The number of hydrogen-bond donors (Lipinski definition) is 2. The zero-order chi connectivity index (χ0) is 25.5. The molecule has 188 valence electrons. The molecule has 0 aliphatic carbocycles. The third kappa shape index (κ3) is 6.58. The molecule has 5 rings (SSSR count). The number of aliphatic hydroxyl groups is 1. The number of nitrogens with zero attached hydrogens (tertiary/aromatic N) is 3. The second-order valence-electron chi connectivity index (χ2n) is 8.51. The van der Waals surface area contributed by atoms with Gasteiger partial charge in [0.05, 0.1) is 24.4 Å². The third-order valence-corrected chi connectivity index (χ3v) is 6.93. The summed E-state index contributed by atoms with van der Waals surface area (Å²) < 4.78 is 12.7. The van der Waals surface area contributed by atoms with Crippen molar-refractivity contribution in [1.29, 1.82) is 0 Å². The largest absolute Gasteiger partial charge is 0.392 e.